The highest BCUT2D eigenvalue weighted by Crippen LogP contribution is 2.41. The van der Waals surface area contributed by atoms with Crippen LogP contribution in [0, 0.1) is 0 Å². The predicted molar refractivity (Wildman–Crippen MR) is 140 cm³/mol. The van der Waals surface area contributed by atoms with E-state index in [2.05, 4.69) is 32.2 Å². The molecular weight excluding hydrogens is 540 g/mol. The van der Waals surface area contributed by atoms with Crippen molar-refractivity contribution in [3.8, 4) is 0 Å². The van der Waals surface area contributed by atoms with Crippen molar-refractivity contribution in [3.05, 3.63) is 52.8 Å². The van der Waals surface area contributed by atoms with E-state index >= 15 is 0 Å². The van der Waals surface area contributed by atoms with Crippen LogP contribution in [0.5, 0.6) is 0 Å². The van der Waals surface area contributed by atoms with Gasteiger partial charge in [-0.3, -0.25) is 14.5 Å². The van der Waals surface area contributed by atoms with Crippen molar-refractivity contribution in [1.29, 1.82) is 0 Å². The van der Waals surface area contributed by atoms with Crippen LogP contribution in [0.15, 0.2) is 51.6 Å². The summed E-state index contributed by atoms with van der Waals surface area (Å²) in [5.41, 5.74) is 11.8. The third-order valence-electron chi connectivity index (χ3n) is 5.11. The maximum atomic E-state index is 13.1. The number of nitrogens with two attached hydrogens (primary N) is 2. The van der Waals surface area contributed by atoms with E-state index in [1.165, 1.54) is 51.9 Å². The number of aromatic nitrogens is 3. The second-order valence-electron chi connectivity index (χ2n) is 7.54. The van der Waals surface area contributed by atoms with Crippen molar-refractivity contribution in [3.63, 3.8) is 0 Å². The quantitative estimate of drug-likeness (QED) is 0.0735. The van der Waals surface area contributed by atoms with Gasteiger partial charge in [0.05, 0.1) is 0 Å². The Hall–Kier alpha value is -3.47. The van der Waals surface area contributed by atoms with Gasteiger partial charge >= 0.3 is 5.97 Å². The lowest BCUT2D eigenvalue weighted by molar-refractivity contribution is -0.150. The summed E-state index contributed by atoms with van der Waals surface area (Å²) in [5.74, 6) is -1.63. The zero-order valence-corrected chi connectivity index (χ0v) is 21.6. The van der Waals surface area contributed by atoms with Crippen LogP contribution in [-0.2, 0) is 25.8 Å². The van der Waals surface area contributed by atoms with Crippen molar-refractivity contribution >= 4 is 64.2 Å². The molecule has 0 radical (unpaired) electrons. The van der Waals surface area contributed by atoms with Gasteiger partial charge in [0.25, 0.3) is 11.8 Å². The number of carbonyl (C=O) groups excluding carboxylic acids is 2. The smallest absolute Gasteiger partial charge is 0.352 e. The third kappa shape index (κ3) is 5.76. The number of nitrogen functional groups attached to an aromatic ring is 1. The summed E-state index contributed by atoms with van der Waals surface area (Å²) in [4.78, 5) is 48.6. The van der Waals surface area contributed by atoms with Gasteiger partial charge < -0.3 is 26.7 Å². The number of thioether (sulfide) groups is 2. The number of carbonyl (C=O) groups is 3. The highest BCUT2D eigenvalue weighted by atomic mass is 32.2. The van der Waals surface area contributed by atoms with E-state index in [1.54, 1.807) is 12.1 Å². The lowest BCUT2D eigenvalue weighted by atomic mass is 10.0. The standard InChI is InChI=1S/C21H22N8O5S3/c1-2-6-34-28-14(11-4-3-5-12(23)24-11)17(30)25-15-18(31)29-16(20(32)33)10(8-35-19(15)29)9-36-21-27-26-13(7-22)37-21/h2-5,15,19H,1,6-9,22H2,(H2,23,24)(H,25,30)(H,32,33)/b28-14-/t15?,19-/m1/s1. The van der Waals surface area contributed by atoms with Gasteiger partial charge in [0.1, 0.15) is 40.2 Å². The number of nitrogens with zero attached hydrogens (tertiary/aromatic N) is 5. The molecule has 2 atom stereocenters. The third-order valence-corrected chi connectivity index (χ3v) is 8.61. The van der Waals surface area contributed by atoms with Gasteiger partial charge in [-0.15, -0.1) is 22.0 Å². The largest absolute Gasteiger partial charge is 0.477 e. The Bertz CT molecular complexity index is 1300. The summed E-state index contributed by atoms with van der Waals surface area (Å²) < 4.78 is 0.658. The van der Waals surface area contributed by atoms with Crippen LogP contribution in [0.1, 0.15) is 10.7 Å². The second kappa shape index (κ2) is 11.7. The highest BCUT2D eigenvalue weighted by molar-refractivity contribution is 8.01. The zero-order valence-electron chi connectivity index (χ0n) is 19.2. The van der Waals surface area contributed by atoms with E-state index in [4.69, 9.17) is 16.3 Å². The van der Waals surface area contributed by atoms with Crippen LogP contribution in [-0.4, -0.2) is 78.2 Å². The average Bonchev–Trinajstić information content (AvgIpc) is 3.36. The van der Waals surface area contributed by atoms with Crippen molar-refractivity contribution < 1.29 is 24.3 Å². The van der Waals surface area contributed by atoms with Crippen LogP contribution in [0.25, 0.3) is 0 Å². The van der Waals surface area contributed by atoms with E-state index in [9.17, 15) is 19.5 Å². The summed E-state index contributed by atoms with van der Waals surface area (Å²) in [6.45, 7) is 3.85. The Labute approximate surface area is 223 Å². The maximum absolute atomic E-state index is 13.1. The molecule has 4 heterocycles. The number of amides is 2. The van der Waals surface area contributed by atoms with Crippen LogP contribution in [0.4, 0.5) is 5.82 Å². The van der Waals surface area contributed by atoms with Gasteiger partial charge in [0.2, 0.25) is 0 Å². The molecule has 37 heavy (non-hydrogen) atoms. The Morgan fingerprint density at radius 3 is 2.89 bits per heavy atom. The summed E-state index contributed by atoms with van der Waals surface area (Å²) in [6, 6.07) is 3.72. The predicted octanol–water partition coefficient (Wildman–Crippen LogP) is 0.412. The number of oxime groups is 1. The molecule has 6 N–H and O–H groups in total. The molecule has 1 unspecified atom stereocenters. The molecule has 2 amide bonds. The molecule has 194 valence electrons. The highest BCUT2D eigenvalue weighted by Gasteiger charge is 2.54. The fourth-order valence-corrected chi connectivity index (χ4v) is 6.73. The average molecular weight is 563 g/mol. The van der Waals surface area contributed by atoms with Crippen LogP contribution in [0.3, 0.4) is 0 Å². The van der Waals surface area contributed by atoms with E-state index in [1.807, 2.05) is 0 Å². The van der Waals surface area contributed by atoms with Crippen LogP contribution in [0.2, 0.25) is 0 Å². The van der Waals surface area contributed by atoms with Gasteiger partial charge in [0.15, 0.2) is 10.1 Å². The first-order valence-corrected chi connectivity index (χ1v) is 13.6. The molecule has 2 aliphatic heterocycles. The van der Waals surface area contributed by atoms with E-state index < -0.39 is 29.2 Å². The summed E-state index contributed by atoms with van der Waals surface area (Å²) in [7, 11) is 0. The normalized spacial score (nSPS) is 19.2. The molecule has 0 saturated carbocycles. The molecule has 0 aromatic carbocycles. The number of aliphatic carboxylic acids is 1. The van der Waals surface area contributed by atoms with E-state index in [0.717, 1.165) is 0 Å². The Kier molecular flexibility index (Phi) is 8.42. The van der Waals surface area contributed by atoms with Crippen LogP contribution >= 0.6 is 34.9 Å². The van der Waals surface area contributed by atoms with Crippen molar-refractivity contribution in [1.82, 2.24) is 25.4 Å². The number of rotatable bonds is 11. The Morgan fingerprint density at radius 2 is 2.22 bits per heavy atom. The molecule has 1 saturated heterocycles. The number of hydrogen-bond donors (Lipinski definition) is 4. The number of carboxylic acid groups (broad SMARTS) is 1. The summed E-state index contributed by atoms with van der Waals surface area (Å²) in [6.07, 6.45) is 1.45. The zero-order chi connectivity index (χ0) is 26.5. The number of β-lactam (4-membered cyclic amide) rings is 1. The minimum atomic E-state index is -1.22. The monoisotopic (exact) mass is 562 g/mol. The number of pyridine rings is 1. The fourth-order valence-electron chi connectivity index (χ4n) is 3.47. The van der Waals surface area contributed by atoms with Gasteiger partial charge in [0, 0.05) is 18.1 Å². The molecule has 1 fully saturated rings. The number of fused-ring (bicyclic) bond motifs is 1. The fraction of sp³-hybridized carbons (Fsp3) is 0.286. The van der Waals surface area contributed by atoms with Crippen molar-refractivity contribution in [2.75, 3.05) is 23.8 Å². The molecule has 16 heteroatoms. The maximum Gasteiger partial charge on any atom is 0.352 e. The molecule has 2 aliphatic rings. The molecule has 2 aromatic heterocycles. The van der Waals surface area contributed by atoms with Gasteiger partial charge in [-0.25, -0.2) is 9.78 Å². The Morgan fingerprint density at radius 1 is 1.41 bits per heavy atom. The van der Waals surface area contributed by atoms with Crippen molar-refractivity contribution in [2.45, 2.75) is 22.3 Å². The first-order valence-electron chi connectivity index (χ1n) is 10.7. The number of carboxylic acids is 1. The van der Waals surface area contributed by atoms with Crippen molar-refractivity contribution in [2.24, 2.45) is 10.9 Å². The summed E-state index contributed by atoms with van der Waals surface area (Å²) in [5, 5.41) is 24.4. The van der Waals surface area contributed by atoms with Gasteiger partial charge in [-0.1, -0.05) is 47.0 Å². The van der Waals surface area contributed by atoms with Gasteiger partial charge in [-0.05, 0) is 17.7 Å². The first kappa shape index (κ1) is 26.6. The topological polar surface area (TPSA) is 199 Å². The lowest BCUT2D eigenvalue weighted by Crippen LogP contribution is -2.71. The molecule has 0 aliphatic carbocycles. The van der Waals surface area contributed by atoms with E-state index in [-0.39, 0.29) is 36.1 Å². The first-order chi connectivity index (χ1) is 17.8. The molecule has 0 bridgehead atoms. The number of nitrogens with one attached hydrogen (secondary N) is 1. The van der Waals surface area contributed by atoms with Gasteiger partial charge in [-0.2, -0.15) is 0 Å². The number of hydrogen-bond acceptors (Lipinski definition) is 13. The number of anilines is 1. The molecule has 0 spiro atoms. The lowest BCUT2D eigenvalue weighted by Gasteiger charge is -2.49. The molecule has 13 nitrogen and oxygen atoms in total. The minimum absolute atomic E-state index is 0.0475. The van der Waals surface area contributed by atoms with E-state index in [0.29, 0.717) is 26.4 Å². The minimum Gasteiger partial charge on any atom is -0.477 e. The van der Waals surface area contributed by atoms with Crippen LogP contribution < -0.4 is 16.8 Å². The molecule has 4 rings (SSSR count). The molecular formula is C21H22N8O5S3. The second-order valence-corrected chi connectivity index (χ2v) is 10.9. The Balaban J connectivity index is 1.49. The molecule has 2 aromatic rings. The SMILES string of the molecule is C=CCO/N=C(\C(=O)NC1C(=O)N2C(C(=O)O)=C(CSc3nnc(CN)s3)CS[C@H]12)c1cccc(N)n1. The summed E-state index contributed by atoms with van der Waals surface area (Å²) >= 11 is 4.02.